The molecule has 1 aliphatic carbocycles. The molecule has 0 heterocycles. The molecule has 1 rings (SSSR count). The van der Waals surface area contributed by atoms with E-state index in [0.717, 1.165) is 0 Å². The number of hydrogen-bond acceptors (Lipinski definition) is 0. The van der Waals surface area contributed by atoms with Gasteiger partial charge in [0, 0.05) is 0 Å². The molecule has 0 aromatic carbocycles. The van der Waals surface area contributed by atoms with Gasteiger partial charge < -0.3 is 0 Å². The fraction of sp³-hybridized carbons (Fsp3) is 0.917. The molecule has 0 amide bonds. The Hall–Kier alpha value is -0.260. The quantitative estimate of drug-likeness (QED) is 0.387. The summed E-state index contributed by atoms with van der Waals surface area (Å²) in [5.41, 5.74) is 3.38. The van der Waals surface area contributed by atoms with E-state index in [1.54, 1.807) is 11.1 Å². The third-order valence-corrected chi connectivity index (χ3v) is 6.08. The van der Waals surface area contributed by atoms with Crippen LogP contribution in [0.3, 0.4) is 0 Å². The van der Waals surface area contributed by atoms with Crippen LogP contribution < -0.4 is 0 Å². The van der Waals surface area contributed by atoms with Crippen LogP contribution in [0.5, 0.6) is 0 Å². The Balaban J connectivity index is 2.22. The molecule has 0 heteroatoms. The SMILES string of the molecule is C/C1=C(\C)CCCCCCCCCCCCCCCCCCCC1. The van der Waals surface area contributed by atoms with Crippen LogP contribution in [-0.2, 0) is 0 Å². The number of rotatable bonds is 0. The molecule has 0 aromatic rings. The predicted octanol–water partition coefficient (Wildman–Crippen LogP) is 9.14. The van der Waals surface area contributed by atoms with Crippen LogP contribution >= 0.6 is 0 Å². The lowest BCUT2D eigenvalue weighted by Gasteiger charge is -2.09. The number of hydrogen-bond donors (Lipinski definition) is 0. The summed E-state index contributed by atoms with van der Waals surface area (Å²) in [6, 6.07) is 0. The van der Waals surface area contributed by atoms with Crippen LogP contribution in [0.25, 0.3) is 0 Å². The first-order valence-electron chi connectivity index (χ1n) is 11.5. The first-order chi connectivity index (χ1) is 11.8. The monoisotopic (exact) mass is 334 g/mol. The molecule has 0 atom stereocenters. The lowest BCUT2D eigenvalue weighted by Crippen LogP contribution is -1.89. The van der Waals surface area contributed by atoms with Gasteiger partial charge in [-0.25, -0.2) is 0 Å². The molecule has 0 aromatic heterocycles. The van der Waals surface area contributed by atoms with E-state index < -0.39 is 0 Å². The molecule has 24 heavy (non-hydrogen) atoms. The topological polar surface area (TPSA) is 0 Å². The second-order valence-corrected chi connectivity index (χ2v) is 8.42. The van der Waals surface area contributed by atoms with E-state index >= 15 is 0 Å². The van der Waals surface area contributed by atoms with Crippen molar-refractivity contribution in [2.75, 3.05) is 0 Å². The van der Waals surface area contributed by atoms with Gasteiger partial charge in [-0.05, 0) is 39.5 Å². The largest absolute Gasteiger partial charge is 0.0744 e. The predicted molar refractivity (Wildman–Crippen MR) is 111 cm³/mol. The van der Waals surface area contributed by atoms with E-state index in [0.29, 0.717) is 0 Å². The lowest BCUT2D eigenvalue weighted by molar-refractivity contribution is 0.522. The Morgan fingerprint density at radius 2 is 0.458 bits per heavy atom. The first-order valence-corrected chi connectivity index (χ1v) is 11.5. The van der Waals surface area contributed by atoms with Gasteiger partial charge in [0.1, 0.15) is 0 Å². The van der Waals surface area contributed by atoms with Crippen molar-refractivity contribution in [3.63, 3.8) is 0 Å². The maximum absolute atomic E-state index is 2.38. The van der Waals surface area contributed by atoms with Gasteiger partial charge in [-0.15, -0.1) is 0 Å². The lowest BCUT2D eigenvalue weighted by atomic mass is 9.98. The summed E-state index contributed by atoms with van der Waals surface area (Å²) in [6.45, 7) is 4.77. The molecule has 0 bridgehead atoms. The zero-order chi connectivity index (χ0) is 17.3. The molecular weight excluding hydrogens is 288 g/mol. The Bertz CT molecular complexity index is 269. The summed E-state index contributed by atoms with van der Waals surface area (Å²) in [4.78, 5) is 0. The summed E-state index contributed by atoms with van der Waals surface area (Å²) >= 11 is 0. The van der Waals surface area contributed by atoms with Crippen molar-refractivity contribution in [2.24, 2.45) is 0 Å². The van der Waals surface area contributed by atoms with Gasteiger partial charge in [0.05, 0.1) is 0 Å². The summed E-state index contributed by atoms with van der Waals surface area (Å²) in [6.07, 6.45) is 29.2. The Morgan fingerprint density at radius 3 is 0.667 bits per heavy atom. The molecule has 0 saturated carbocycles. The highest BCUT2D eigenvalue weighted by Gasteiger charge is 2.00. The highest BCUT2D eigenvalue weighted by Crippen LogP contribution is 2.20. The van der Waals surface area contributed by atoms with E-state index in [1.807, 2.05) is 0 Å². The number of allylic oxidation sites excluding steroid dienone is 2. The highest BCUT2D eigenvalue weighted by molar-refractivity contribution is 5.09. The van der Waals surface area contributed by atoms with Crippen molar-refractivity contribution in [1.82, 2.24) is 0 Å². The fourth-order valence-electron chi connectivity index (χ4n) is 4.04. The molecule has 0 nitrogen and oxygen atoms in total. The molecule has 142 valence electrons. The molecule has 0 N–H and O–H groups in total. The van der Waals surface area contributed by atoms with Crippen molar-refractivity contribution in [1.29, 1.82) is 0 Å². The molecule has 0 fully saturated rings. The third kappa shape index (κ3) is 13.1. The van der Waals surface area contributed by atoms with Gasteiger partial charge in [-0.1, -0.05) is 114 Å². The van der Waals surface area contributed by atoms with E-state index in [-0.39, 0.29) is 0 Å². The van der Waals surface area contributed by atoms with Gasteiger partial charge >= 0.3 is 0 Å². The standard InChI is InChI=1S/C24H46/c1-23-21-19-17-15-13-11-9-7-5-3-4-6-8-10-12-14-16-18-20-22-24(23)2/h3-22H2,1-2H3/b24-23-. The van der Waals surface area contributed by atoms with Crippen LogP contribution in [0.2, 0.25) is 0 Å². The Labute approximate surface area is 153 Å². The van der Waals surface area contributed by atoms with Gasteiger partial charge in [0.25, 0.3) is 0 Å². The Kier molecular flexibility index (Phi) is 14.7. The van der Waals surface area contributed by atoms with Crippen molar-refractivity contribution >= 4 is 0 Å². The average molecular weight is 335 g/mol. The summed E-state index contributed by atoms with van der Waals surface area (Å²) < 4.78 is 0. The maximum Gasteiger partial charge on any atom is -0.0320 e. The third-order valence-electron chi connectivity index (χ3n) is 6.08. The van der Waals surface area contributed by atoms with Crippen molar-refractivity contribution in [3.05, 3.63) is 11.1 Å². The minimum absolute atomic E-state index is 1.35. The van der Waals surface area contributed by atoms with E-state index in [9.17, 15) is 0 Å². The van der Waals surface area contributed by atoms with Gasteiger partial charge in [-0.3, -0.25) is 0 Å². The molecule has 0 aliphatic heterocycles. The van der Waals surface area contributed by atoms with Crippen molar-refractivity contribution in [2.45, 2.75) is 142 Å². The second-order valence-electron chi connectivity index (χ2n) is 8.42. The molecular formula is C24H46. The van der Waals surface area contributed by atoms with Crippen LogP contribution in [0.4, 0.5) is 0 Å². The minimum atomic E-state index is 1.35. The normalized spacial score (nSPS) is 26.2. The summed E-state index contributed by atoms with van der Waals surface area (Å²) in [5, 5.41) is 0. The summed E-state index contributed by atoms with van der Waals surface area (Å²) in [5.74, 6) is 0. The van der Waals surface area contributed by atoms with E-state index in [2.05, 4.69) is 13.8 Å². The first kappa shape index (κ1) is 21.8. The van der Waals surface area contributed by atoms with E-state index in [1.165, 1.54) is 128 Å². The van der Waals surface area contributed by atoms with E-state index in [4.69, 9.17) is 0 Å². The second kappa shape index (κ2) is 16.2. The molecule has 0 spiro atoms. The highest BCUT2D eigenvalue weighted by atomic mass is 14.1. The van der Waals surface area contributed by atoms with Crippen LogP contribution in [-0.4, -0.2) is 0 Å². The van der Waals surface area contributed by atoms with Crippen LogP contribution in [0.1, 0.15) is 142 Å². The Morgan fingerprint density at radius 1 is 0.292 bits per heavy atom. The average Bonchev–Trinajstić information content (AvgIpc) is 2.58. The van der Waals surface area contributed by atoms with Crippen LogP contribution in [0, 0.1) is 0 Å². The van der Waals surface area contributed by atoms with Crippen LogP contribution in [0.15, 0.2) is 11.1 Å². The molecule has 0 unspecified atom stereocenters. The molecule has 0 radical (unpaired) electrons. The smallest absolute Gasteiger partial charge is 0.0320 e. The van der Waals surface area contributed by atoms with Gasteiger partial charge in [0.15, 0.2) is 0 Å². The van der Waals surface area contributed by atoms with Gasteiger partial charge in [-0.2, -0.15) is 0 Å². The maximum atomic E-state index is 2.38. The summed E-state index contributed by atoms with van der Waals surface area (Å²) in [7, 11) is 0. The zero-order valence-corrected chi connectivity index (χ0v) is 17.1. The fourth-order valence-corrected chi connectivity index (χ4v) is 4.04. The van der Waals surface area contributed by atoms with Crippen molar-refractivity contribution < 1.29 is 0 Å². The zero-order valence-electron chi connectivity index (χ0n) is 17.1. The van der Waals surface area contributed by atoms with Crippen molar-refractivity contribution in [3.8, 4) is 0 Å². The minimum Gasteiger partial charge on any atom is -0.0744 e. The molecule has 0 saturated heterocycles. The van der Waals surface area contributed by atoms with Gasteiger partial charge in [0.2, 0.25) is 0 Å². The molecule has 1 aliphatic rings.